The Morgan fingerprint density at radius 2 is 1.74 bits per heavy atom. The highest BCUT2D eigenvalue weighted by molar-refractivity contribution is 6.30. The molecule has 0 unspecified atom stereocenters. The third-order valence-electron chi connectivity index (χ3n) is 4.75. The summed E-state index contributed by atoms with van der Waals surface area (Å²) in [5.41, 5.74) is 1.89. The summed E-state index contributed by atoms with van der Waals surface area (Å²) in [7, 11) is 0. The second-order valence-corrected chi connectivity index (χ2v) is 7.20. The van der Waals surface area contributed by atoms with E-state index in [0.29, 0.717) is 23.6 Å². The molecule has 142 valence electrons. The number of carbonyl (C=O) groups is 2. The van der Waals surface area contributed by atoms with Crippen LogP contribution in [-0.2, 0) is 6.42 Å². The van der Waals surface area contributed by atoms with Crippen molar-refractivity contribution < 1.29 is 9.59 Å². The van der Waals surface area contributed by atoms with Crippen LogP contribution in [0.4, 0.5) is 0 Å². The number of hydrogen-bond donors (Lipinski definition) is 1. The van der Waals surface area contributed by atoms with E-state index >= 15 is 0 Å². The number of halogens is 1. The molecule has 2 heterocycles. The Hall–Kier alpha value is -2.40. The summed E-state index contributed by atoms with van der Waals surface area (Å²) < 4.78 is 0. The van der Waals surface area contributed by atoms with Gasteiger partial charge in [-0.05, 0) is 49.1 Å². The first-order valence-corrected chi connectivity index (χ1v) is 9.79. The molecule has 1 aromatic heterocycles. The fourth-order valence-corrected chi connectivity index (χ4v) is 3.33. The van der Waals surface area contributed by atoms with Crippen LogP contribution in [0.1, 0.15) is 52.1 Å². The molecule has 0 radical (unpaired) electrons. The fourth-order valence-electron chi connectivity index (χ4n) is 3.21. The molecule has 0 aliphatic carbocycles. The van der Waals surface area contributed by atoms with Crippen LogP contribution in [0.3, 0.4) is 0 Å². The van der Waals surface area contributed by atoms with Gasteiger partial charge in [-0.3, -0.25) is 14.6 Å². The van der Waals surface area contributed by atoms with Gasteiger partial charge >= 0.3 is 0 Å². The number of likely N-dealkylation sites (tertiary alicyclic amines) is 1. The van der Waals surface area contributed by atoms with Crippen LogP contribution in [0.15, 0.2) is 42.6 Å². The van der Waals surface area contributed by atoms with E-state index in [0.717, 1.165) is 31.5 Å². The highest BCUT2D eigenvalue weighted by atomic mass is 35.5. The lowest BCUT2D eigenvalue weighted by Gasteiger charge is -2.20. The number of nitrogens with zero attached hydrogens (tertiary/aromatic N) is 2. The minimum absolute atomic E-state index is 0.0190. The van der Waals surface area contributed by atoms with Gasteiger partial charge in [-0.25, -0.2) is 0 Å². The normalized spacial score (nSPS) is 14.5. The first-order valence-electron chi connectivity index (χ1n) is 9.41. The standard InChI is InChI=1S/C21H24ClN3O2/c22-18-7-5-16(6-8-18)9-11-24-20(26)19-15-17(10-12-23-19)21(27)25-13-3-1-2-4-14-25/h5-8,10,12,15H,1-4,9,11,13-14H2,(H,24,26). The molecule has 0 saturated carbocycles. The van der Waals surface area contributed by atoms with E-state index in [1.807, 2.05) is 29.2 Å². The van der Waals surface area contributed by atoms with Crippen molar-refractivity contribution in [1.29, 1.82) is 0 Å². The Kier molecular flexibility index (Phi) is 6.82. The lowest BCUT2D eigenvalue weighted by Crippen LogP contribution is -2.32. The van der Waals surface area contributed by atoms with Gasteiger partial charge in [0.15, 0.2) is 0 Å². The van der Waals surface area contributed by atoms with Gasteiger partial charge in [-0.15, -0.1) is 0 Å². The number of carbonyl (C=O) groups excluding carboxylic acids is 2. The van der Waals surface area contributed by atoms with Gasteiger partial charge in [0.25, 0.3) is 11.8 Å². The average molecular weight is 386 g/mol. The van der Waals surface area contributed by atoms with E-state index in [1.54, 1.807) is 12.1 Å². The summed E-state index contributed by atoms with van der Waals surface area (Å²) in [5, 5.41) is 3.55. The smallest absolute Gasteiger partial charge is 0.269 e. The van der Waals surface area contributed by atoms with Crippen LogP contribution >= 0.6 is 11.6 Å². The Morgan fingerprint density at radius 3 is 2.44 bits per heavy atom. The van der Waals surface area contributed by atoms with Gasteiger partial charge in [-0.2, -0.15) is 0 Å². The second kappa shape index (κ2) is 9.51. The average Bonchev–Trinajstić information content (AvgIpc) is 2.98. The molecule has 5 nitrogen and oxygen atoms in total. The van der Waals surface area contributed by atoms with E-state index in [2.05, 4.69) is 10.3 Å². The van der Waals surface area contributed by atoms with E-state index in [4.69, 9.17) is 11.6 Å². The topological polar surface area (TPSA) is 62.3 Å². The van der Waals surface area contributed by atoms with Gasteiger partial charge in [0, 0.05) is 36.4 Å². The minimum Gasteiger partial charge on any atom is -0.350 e. The Labute approximate surface area is 164 Å². The number of nitrogens with one attached hydrogen (secondary N) is 1. The molecule has 0 bridgehead atoms. The Bertz CT molecular complexity index is 784. The van der Waals surface area contributed by atoms with Gasteiger partial charge in [0.05, 0.1) is 0 Å². The SMILES string of the molecule is O=C(NCCc1ccc(Cl)cc1)c1cc(C(=O)N2CCCCCC2)ccn1. The summed E-state index contributed by atoms with van der Waals surface area (Å²) in [4.78, 5) is 31.1. The zero-order chi connectivity index (χ0) is 19.1. The maximum Gasteiger partial charge on any atom is 0.269 e. The molecule has 3 rings (SSSR count). The van der Waals surface area contributed by atoms with E-state index in [-0.39, 0.29) is 17.5 Å². The van der Waals surface area contributed by atoms with Crippen molar-refractivity contribution in [3.05, 3.63) is 64.4 Å². The van der Waals surface area contributed by atoms with Gasteiger partial charge < -0.3 is 10.2 Å². The first-order chi connectivity index (χ1) is 13.1. The monoisotopic (exact) mass is 385 g/mol. The molecule has 0 spiro atoms. The third-order valence-corrected chi connectivity index (χ3v) is 5.00. The molecule has 1 aliphatic heterocycles. The predicted octanol–water partition coefficient (Wildman–Crippen LogP) is 3.72. The van der Waals surface area contributed by atoms with Crippen LogP contribution in [-0.4, -0.2) is 41.3 Å². The van der Waals surface area contributed by atoms with Crippen molar-refractivity contribution in [3.63, 3.8) is 0 Å². The largest absolute Gasteiger partial charge is 0.350 e. The van der Waals surface area contributed by atoms with Crippen LogP contribution in [0.2, 0.25) is 5.02 Å². The Balaban J connectivity index is 1.57. The van der Waals surface area contributed by atoms with E-state index < -0.39 is 0 Å². The van der Waals surface area contributed by atoms with Gasteiger partial charge in [0.2, 0.25) is 0 Å². The second-order valence-electron chi connectivity index (χ2n) is 6.77. The zero-order valence-electron chi connectivity index (χ0n) is 15.3. The highest BCUT2D eigenvalue weighted by Crippen LogP contribution is 2.14. The van der Waals surface area contributed by atoms with Gasteiger partial charge in [-0.1, -0.05) is 36.6 Å². The van der Waals surface area contributed by atoms with Crippen molar-refractivity contribution >= 4 is 23.4 Å². The maximum absolute atomic E-state index is 12.7. The molecular weight excluding hydrogens is 362 g/mol. The molecular formula is C21H24ClN3O2. The van der Waals surface area contributed by atoms with Crippen LogP contribution < -0.4 is 5.32 Å². The zero-order valence-corrected chi connectivity index (χ0v) is 16.0. The number of pyridine rings is 1. The van der Waals surface area contributed by atoms with Crippen LogP contribution in [0.5, 0.6) is 0 Å². The van der Waals surface area contributed by atoms with Crippen LogP contribution in [0, 0.1) is 0 Å². The summed E-state index contributed by atoms with van der Waals surface area (Å²) in [6.45, 7) is 2.06. The molecule has 2 aromatic rings. The van der Waals surface area contributed by atoms with Crippen molar-refractivity contribution in [2.75, 3.05) is 19.6 Å². The quantitative estimate of drug-likeness (QED) is 0.853. The number of amides is 2. The highest BCUT2D eigenvalue weighted by Gasteiger charge is 2.18. The molecule has 2 amide bonds. The molecule has 0 atom stereocenters. The van der Waals surface area contributed by atoms with Crippen molar-refractivity contribution in [2.24, 2.45) is 0 Å². The lowest BCUT2D eigenvalue weighted by atomic mass is 10.1. The van der Waals surface area contributed by atoms with E-state index in [9.17, 15) is 9.59 Å². The first kappa shape index (κ1) is 19.4. The molecule has 1 aliphatic rings. The summed E-state index contributed by atoms with van der Waals surface area (Å²) >= 11 is 5.87. The minimum atomic E-state index is -0.269. The number of rotatable bonds is 5. The van der Waals surface area contributed by atoms with Gasteiger partial charge in [0.1, 0.15) is 5.69 Å². The van der Waals surface area contributed by atoms with E-state index in [1.165, 1.54) is 19.0 Å². The van der Waals surface area contributed by atoms with Crippen molar-refractivity contribution in [3.8, 4) is 0 Å². The Morgan fingerprint density at radius 1 is 1.04 bits per heavy atom. The predicted molar refractivity (Wildman–Crippen MR) is 106 cm³/mol. The molecule has 1 fully saturated rings. The number of hydrogen-bond acceptors (Lipinski definition) is 3. The third kappa shape index (κ3) is 5.54. The number of benzene rings is 1. The molecule has 6 heteroatoms. The van der Waals surface area contributed by atoms with Crippen molar-refractivity contribution in [1.82, 2.24) is 15.2 Å². The fraction of sp³-hybridized carbons (Fsp3) is 0.381. The molecule has 27 heavy (non-hydrogen) atoms. The lowest BCUT2D eigenvalue weighted by molar-refractivity contribution is 0.0761. The molecule has 1 saturated heterocycles. The number of aromatic nitrogens is 1. The molecule has 1 aromatic carbocycles. The molecule has 1 N–H and O–H groups in total. The van der Waals surface area contributed by atoms with Crippen molar-refractivity contribution in [2.45, 2.75) is 32.1 Å². The summed E-state index contributed by atoms with van der Waals surface area (Å²) in [6.07, 6.45) is 6.64. The summed E-state index contributed by atoms with van der Waals surface area (Å²) in [6, 6.07) is 10.8. The van der Waals surface area contributed by atoms with Crippen LogP contribution in [0.25, 0.3) is 0 Å². The maximum atomic E-state index is 12.7. The summed E-state index contributed by atoms with van der Waals surface area (Å²) in [5.74, 6) is -0.288.